The average Bonchev–Trinajstić information content (AvgIpc) is 3.36. The minimum Gasteiger partial charge on any atom is -0.455 e. The maximum absolute atomic E-state index is 6.48. The summed E-state index contributed by atoms with van der Waals surface area (Å²) in [5, 5.41) is 11.9. The van der Waals surface area contributed by atoms with Gasteiger partial charge in [0.2, 0.25) is 0 Å². The van der Waals surface area contributed by atoms with E-state index >= 15 is 0 Å². The fourth-order valence-electron chi connectivity index (χ4n) is 5.36. The molecule has 0 saturated heterocycles. The Balaban J connectivity index is 1.81. The van der Waals surface area contributed by atoms with Crippen molar-refractivity contribution in [3.05, 3.63) is 84.9 Å². The maximum atomic E-state index is 6.48. The smallest absolute Gasteiger partial charge is 0.143 e. The third-order valence-electron chi connectivity index (χ3n) is 6.59. The van der Waals surface area contributed by atoms with Crippen LogP contribution in [0.3, 0.4) is 0 Å². The van der Waals surface area contributed by atoms with Crippen LogP contribution in [0, 0.1) is 0 Å². The summed E-state index contributed by atoms with van der Waals surface area (Å²) in [4.78, 5) is 0. The van der Waals surface area contributed by atoms with E-state index in [9.17, 15) is 0 Å². The summed E-state index contributed by atoms with van der Waals surface area (Å²) in [7, 11) is 0. The standard InChI is InChI=1S/C28H14O2/c1-3-10-22-16(7-1)20-14-21-25-19(27(20)29-22)13-12-15-6-5-9-18(24(15)25)26-17-8-2-4-11-23(17)30-28(21)26/h1-14H. The zero-order valence-corrected chi connectivity index (χ0v) is 15.9. The highest BCUT2D eigenvalue weighted by Crippen LogP contribution is 2.47. The molecule has 0 aliphatic heterocycles. The third kappa shape index (κ3) is 1.60. The molecule has 2 aromatic heterocycles. The first-order valence-corrected chi connectivity index (χ1v) is 10.2. The molecule has 138 valence electrons. The van der Waals surface area contributed by atoms with Crippen LogP contribution in [0.5, 0.6) is 0 Å². The second-order valence-electron chi connectivity index (χ2n) is 8.09. The molecule has 0 aliphatic carbocycles. The number of hydrogen-bond acceptors (Lipinski definition) is 2. The lowest BCUT2D eigenvalue weighted by atomic mass is 9.90. The van der Waals surface area contributed by atoms with Gasteiger partial charge in [-0.3, -0.25) is 0 Å². The molecule has 6 aromatic carbocycles. The lowest BCUT2D eigenvalue weighted by molar-refractivity contribution is 0.672. The third-order valence-corrected chi connectivity index (χ3v) is 6.59. The Labute approximate surface area is 170 Å². The van der Waals surface area contributed by atoms with Gasteiger partial charge in [0.05, 0.1) is 0 Å². The first kappa shape index (κ1) is 14.9. The van der Waals surface area contributed by atoms with E-state index in [2.05, 4.69) is 66.7 Å². The van der Waals surface area contributed by atoms with Gasteiger partial charge in [0.15, 0.2) is 0 Å². The van der Waals surface area contributed by atoms with Gasteiger partial charge in [0.1, 0.15) is 22.3 Å². The quantitative estimate of drug-likeness (QED) is 0.246. The van der Waals surface area contributed by atoms with E-state index in [1.807, 2.05) is 18.2 Å². The number of fused-ring (bicyclic) bond motifs is 9. The predicted molar refractivity (Wildman–Crippen MR) is 125 cm³/mol. The lowest BCUT2D eigenvalue weighted by Gasteiger charge is -2.12. The average molecular weight is 382 g/mol. The fraction of sp³-hybridized carbons (Fsp3) is 0. The molecule has 2 heteroatoms. The predicted octanol–water partition coefficient (Wildman–Crippen LogP) is 8.38. The molecule has 0 N–H and O–H groups in total. The van der Waals surface area contributed by atoms with Crippen LogP contribution in [-0.4, -0.2) is 0 Å². The topological polar surface area (TPSA) is 26.3 Å². The van der Waals surface area contributed by atoms with Gasteiger partial charge in [-0.05, 0) is 40.4 Å². The second kappa shape index (κ2) is 4.92. The molecule has 0 aliphatic rings. The zero-order chi connectivity index (χ0) is 19.4. The van der Waals surface area contributed by atoms with Crippen LogP contribution in [-0.2, 0) is 0 Å². The number of benzene rings is 6. The summed E-state index contributed by atoms with van der Waals surface area (Å²) >= 11 is 0. The van der Waals surface area contributed by atoms with Crippen molar-refractivity contribution in [3.8, 4) is 0 Å². The normalized spacial score (nSPS) is 12.7. The van der Waals surface area contributed by atoms with Crippen molar-refractivity contribution >= 4 is 76.2 Å². The number of para-hydroxylation sites is 2. The molecule has 2 heterocycles. The van der Waals surface area contributed by atoms with Crippen LogP contribution in [0.1, 0.15) is 0 Å². The molecule has 0 amide bonds. The van der Waals surface area contributed by atoms with E-state index in [4.69, 9.17) is 8.83 Å². The van der Waals surface area contributed by atoms with E-state index in [1.165, 1.54) is 32.3 Å². The summed E-state index contributed by atoms with van der Waals surface area (Å²) in [6.45, 7) is 0. The van der Waals surface area contributed by atoms with Crippen molar-refractivity contribution in [2.45, 2.75) is 0 Å². The van der Waals surface area contributed by atoms with E-state index in [-0.39, 0.29) is 0 Å². The minimum absolute atomic E-state index is 0.920. The highest BCUT2D eigenvalue weighted by Gasteiger charge is 2.21. The van der Waals surface area contributed by atoms with Gasteiger partial charge in [-0.1, -0.05) is 60.7 Å². The summed E-state index contributed by atoms with van der Waals surface area (Å²) < 4.78 is 12.8. The van der Waals surface area contributed by atoms with Gasteiger partial charge < -0.3 is 8.83 Å². The lowest BCUT2D eigenvalue weighted by Crippen LogP contribution is -1.86. The Morgan fingerprint density at radius 1 is 0.400 bits per heavy atom. The molecule has 0 radical (unpaired) electrons. The van der Waals surface area contributed by atoms with E-state index in [1.54, 1.807) is 0 Å². The molecular formula is C28H14O2. The van der Waals surface area contributed by atoms with Crippen molar-refractivity contribution in [2.24, 2.45) is 0 Å². The maximum Gasteiger partial charge on any atom is 0.143 e. The van der Waals surface area contributed by atoms with Gasteiger partial charge in [-0.2, -0.15) is 0 Å². The van der Waals surface area contributed by atoms with Gasteiger partial charge in [-0.25, -0.2) is 0 Å². The molecule has 8 aromatic rings. The van der Waals surface area contributed by atoms with Crippen molar-refractivity contribution < 1.29 is 8.83 Å². The zero-order valence-electron chi connectivity index (χ0n) is 15.9. The summed E-state index contributed by atoms with van der Waals surface area (Å²) in [5.74, 6) is 0. The summed E-state index contributed by atoms with van der Waals surface area (Å²) in [6.07, 6.45) is 0. The molecular weight excluding hydrogens is 368 g/mol. The van der Waals surface area contributed by atoms with Crippen molar-refractivity contribution in [1.29, 1.82) is 0 Å². The SMILES string of the molecule is c1ccc2c(c1)oc1c2cc2c3oc4ccccc4c3c3cccc4ccc1c2c43. The summed E-state index contributed by atoms with van der Waals surface area (Å²) in [6, 6.07) is 29.8. The van der Waals surface area contributed by atoms with Gasteiger partial charge >= 0.3 is 0 Å². The van der Waals surface area contributed by atoms with E-state index < -0.39 is 0 Å². The number of furan rings is 2. The second-order valence-corrected chi connectivity index (χ2v) is 8.09. The highest BCUT2D eigenvalue weighted by atomic mass is 16.3. The van der Waals surface area contributed by atoms with Crippen molar-refractivity contribution in [3.63, 3.8) is 0 Å². The van der Waals surface area contributed by atoms with Crippen LogP contribution >= 0.6 is 0 Å². The van der Waals surface area contributed by atoms with Crippen LogP contribution < -0.4 is 0 Å². The Morgan fingerprint density at radius 2 is 1.13 bits per heavy atom. The first-order valence-electron chi connectivity index (χ1n) is 10.2. The minimum atomic E-state index is 0.920. The van der Waals surface area contributed by atoms with Crippen LogP contribution in [0.25, 0.3) is 76.2 Å². The monoisotopic (exact) mass is 382 g/mol. The molecule has 0 bridgehead atoms. The molecule has 0 fully saturated rings. The van der Waals surface area contributed by atoms with Crippen LogP contribution in [0.2, 0.25) is 0 Å². The van der Waals surface area contributed by atoms with E-state index in [0.29, 0.717) is 0 Å². The van der Waals surface area contributed by atoms with E-state index in [0.717, 1.165) is 43.9 Å². The fourth-order valence-corrected chi connectivity index (χ4v) is 5.36. The molecule has 0 saturated carbocycles. The largest absolute Gasteiger partial charge is 0.455 e. The van der Waals surface area contributed by atoms with Gasteiger partial charge in [-0.15, -0.1) is 0 Å². The van der Waals surface area contributed by atoms with Crippen LogP contribution in [0.15, 0.2) is 93.8 Å². The molecule has 8 rings (SSSR count). The molecule has 0 unspecified atom stereocenters. The van der Waals surface area contributed by atoms with Gasteiger partial charge in [0, 0.05) is 37.7 Å². The molecule has 2 nitrogen and oxygen atoms in total. The highest BCUT2D eigenvalue weighted by molar-refractivity contribution is 6.39. The summed E-state index contributed by atoms with van der Waals surface area (Å²) in [5.41, 5.74) is 3.76. The number of hydrogen-bond donors (Lipinski definition) is 0. The Kier molecular flexibility index (Phi) is 2.44. The number of rotatable bonds is 0. The molecule has 0 atom stereocenters. The Hall–Kier alpha value is -4.04. The van der Waals surface area contributed by atoms with Crippen LogP contribution in [0.4, 0.5) is 0 Å². The molecule has 30 heavy (non-hydrogen) atoms. The Morgan fingerprint density at radius 3 is 2.03 bits per heavy atom. The van der Waals surface area contributed by atoms with Crippen molar-refractivity contribution in [2.75, 3.05) is 0 Å². The molecule has 0 spiro atoms. The Bertz CT molecular complexity index is 1950. The van der Waals surface area contributed by atoms with Gasteiger partial charge in [0.25, 0.3) is 0 Å². The van der Waals surface area contributed by atoms with Crippen molar-refractivity contribution in [1.82, 2.24) is 0 Å². The first-order chi connectivity index (χ1) is 14.9.